The molecule has 0 amide bonds. The van der Waals surface area contributed by atoms with Crippen molar-refractivity contribution >= 4 is 22.6 Å². The second kappa shape index (κ2) is 8.41. The number of nitrogens with one attached hydrogen (secondary N) is 2. The van der Waals surface area contributed by atoms with E-state index in [4.69, 9.17) is 0 Å². The quantitative estimate of drug-likeness (QED) is 0.747. The molecule has 0 spiro atoms. The van der Waals surface area contributed by atoms with E-state index >= 15 is 0 Å². The van der Waals surface area contributed by atoms with E-state index in [0.717, 1.165) is 29.4 Å². The van der Waals surface area contributed by atoms with Crippen LogP contribution in [-0.4, -0.2) is 28.3 Å². The van der Waals surface area contributed by atoms with Gasteiger partial charge in [-0.1, -0.05) is 12.8 Å². The monoisotopic (exact) mass is 400 g/mol. The maximum absolute atomic E-state index is 4.66. The Morgan fingerprint density at radius 3 is 2.79 bits per heavy atom. The SMILES string of the molecule is C(C#Cc1ccc(C2=CN=C([C@@H]3CCCN3)C2)s1)#Cc1cnc(C2CCCC2)[nH]1. The van der Waals surface area contributed by atoms with Crippen LogP contribution >= 0.6 is 11.3 Å². The third kappa shape index (κ3) is 4.22. The van der Waals surface area contributed by atoms with Crippen LogP contribution in [0.3, 0.4) is 0 Å². The van der Waals surface area contributed by atoms with Crippen molar-refractivity contribution in [2.24, 2.45) is 4.99 Å². The van der Waals surface area contributed by atoms with E-state index in [9.17, 15) is 0 Å². The molecule has 0 bridgehead atoms. The van der Waals surface area contributed by atoms with Crippen molar-refractivity contribution in [3.05, 3.63) is 45.8 Å². The fourth-order valence-electron chi connectivity index (χ4n) is 4.36. The molecule has 1 saturated carbocycles. The number of nitrogens with zero attached hydrogens (tertiary/aromatic N) is 2. The van der Waals surface area contributed by atoms with Crippen LogP contribution in [0.15, 0.2) is 29.5 Å². The van der Waals surface area contributed by atoms with Gasteiger partial charge in [0.15, 0.2) is 0 Å². The third-order valence-corrected chi connectivity index (χ3v) is 7.00. The van der Waals surface area contributed by atoms with E-state index in [1.807, 2.05) is 12.4 Å². The Bertz CT molecular complexity index is 1070. The zero-order valence-electron chi connectivity index (χ0n) is 16.4. The molecule has 2 fully saturated rings. The van der Waals surface area contributed by atoms with E-state index in [1.54, 1.807) is 11.3 Å². The van der Waals surface area contributed by atoms with E-state index in [0.29, 0.717) is 12.0 Å². The lowest BCUT2D eigenvalue weighted by Crippen LogP contribution is -2.29. The lowest BCUT2D eigenvalue weighted by Gasteiger charge is -2.10. The molecule has 0 radical (unpaired) electrons. The fourth-order valence-corrected chi connectivity index (χ4v) is 5.22. The van der Waals surface area contributed by atoms with Gasteiger partial charge in [0.05, 0.1) is 11.1 Å². The molecule has 1 saturated heterocycles. The van der Waals surface area contributed by atoms with Crippen molar-refractivity contribution in [2.45, 2.75) is 56.9 Å². The zero-order valence-corrected chi connectivity index (χ0v) is 17.2. The summed E-state index contributed by atoms with van der Waals surface area (Å²) in [6.07, 6.45) is 12.4. The van der Waals surface area contributed by atoms with Crippen molar-refractivity contribution in [3.63, 3.8) is 0 Å². The molecule has 0 unspecified atom stereocenters. The lowest BCUT2D eigenvalue weighted by atomic mass is 10.0. The van der Waals surface area contributed by atoms with Crippen LogP contribution in [0.1, 0.15) is 72.1 Å². The number of aromatic amines is 1. The predicted octanol–water partition coefficient (Wildman–Crippen LogP) is 4.47. The van der Waals surface area contributed by atoms with Crippen LogP contribution in [0.4, 0.5) is 0 Å². The molecule has 0 aromatic carbocycles. The number of hydrogen-bond donors (Lipinski definition) is 2. The molecule has 2 N–H and O–H groups in total. The van der Waals surface area contributed by atoms with Crippen LogP contribution < -0.4 is 5.32 Å². The number of rotatable bonds is 3. The largest absolute Gasteiger partial charge is 0.335 e. The van der Waals surface area contributed by atoms with Gasteiger partial charge in [0.25, 0.3) is 0 Å². The molecule has 29 heavy (non-hydrogen) atoms. The minimum absolute atomic E-state index is 0.468. The Hall–Kier alpha value is -2.60. The molecule has 1 aliphatic carbocycles. The van der Waals surface area contributed by atoms with Crippen LogP contribution in [0.5, 0.6) is 0 Å². The molecule has 2 aromatic heterocycles. The Labute approximate surface area is 175 Å². The van der Waals surface area contributed by atoms with E-state index in [2.05, 4.69) is 56.1 Å². The van der Waals surface area contributed by atoms with Crippen molar-refractivity contribution in [3.8, 4) is 23.7 Å². The molecular formula is C24H24N4S. The van der Waals surface area contributed by atoms with Gasteiger partial charge >= 0.3 is 0 Å². The smallest absolute Gasteiger partial charge is 0.110 e. The van der Waals surface area contributed by atoms with Crippen molar-refractivity contribution < 1.29 is 0 Å². The van der Waals surface area contributed by atoms with Crippen LogP contribution in [0.25, 0.3) is 5.57 Å². The summed E-state index contributed by atoms with van der Waals surface area (Å²) in [6, 6.07) is 4.70. The van der Waals surface area contributed by atoms with Gasteiger partial charge in [-0.25, -0.2) is 4.98 Å². The fraction of sp³-hybridized carbons (Fsp3) is 0.417. The van der Waals surface area contributed by atoms with Crippen LogP contribution in [0, 0.1) is 23.7 Å². The third-order valence-electron chi connectivity index (χ3n) is 5.93. The summed E-state index contributed by atoms with van der Waals surface area (Å²) >= 11 is 1.72. The van der Waals surface area contributed by atoms with Gasteiger partial charge in [-0.3, -0.25) is 4.99 Å². The van der Waals surface area contributed by atoms with Gasteiger partial charge in [-0.2, -0.15) is 0 Å². The van der Waals surface area contributed by atoms with E-state index in [-0.39, 0.29) is 0 Å². The first kappa shape index (κ1) is 18.4. The van der Waals surface area contributed by atoms with Gasteiger partial charge in [-0.05, 0) is 73.6 Å². The van der Waals surface area contributed by atoms with Crippen LogP contribution in [-0.2, 0) is 0 Å². The lowest BCUT2D eigenvalue weighted by molar-refractivity contribution is 0.678. The summed E-state index contributed by atoms with van der Waals surface area (Å²) in [5, 5.41) is 3.54. The summed E-state index contributed by atoms with van der Waals surface area (Å²) in [5.74, 6) is 13.9. The minimum Gasteiger partial charge on any atom is -0.335 e. The molecule has 4 heterocycles. The molecule has 146 valence electrons. The molecule has 2 aromatic rings. The van der Waals surface area contributed by atoms with Gasteiger partial charge in [0, 0.05) is 35.2 Å². The topological polar surface area (TPSA) is 53.1 Å². The second-order valence-electron chi connectivity index (χ2n) is 7.93. The van der Waals surface area contributed by atoms with Crippen molar-refractivity contribution in [2.75, 3.05) is 6.54 Å². The standard InChI is InChI=1S/C24H24N4S/c1-2-7-17(6-1)24-27-16-19(28-24)8-3-4-9-20-11-12-23(29-20)18-14-22(26-15-18)21-10-5-13-25-21/h11-12,15-17,21,25H,1-2,5-7,10,13-14H2,(H,27,28)/t21-/m0/s1. The first-order valence-electron chi connectivity index (χ1n) is 10.5. The number of allylic oxidation sites excluding steroid dienone is 1. The Kier molecular flexibility index (Phi) is 5.35. The van der Waals surface area contributed by atoms with Crippen molar-refractivity contribution in [1.29, 1.82) is 0 Å². The number of H-pyrrole nitrogens is 1. The average Bonchev–Trinajstić information content (AvgIpc) is 3.55. The second-order valence-corrected chi connectivity index (χ2v) is 9.01. The van der Waals surface area contributed by atoms with E-state index < -0.39 is 0 Å². The average molecular weight is 401 g/mol. The Morgan fingerprint density at radius 1 is 1.03 bits per heavy atom. The number of hydrogen-bond acceptors (Lipinski definition) is 4. The minimum atomic E-state index is 0.468. The van der Waals surface area contributed by atoms with Gasteiger partial charge < -0.3 is 10.3 Å². The first-order chi connectivity index (χ1) is 14.3. The van der Waals surface area contributed by atoms with Gasteiger partial charge in [0.2, 0.25) is 0 Å². The summed E-state index contributed by atoms with van der Waals surface area (Å²) < 4.78 is 0. The molecule has 5 rings (SSSR count). The maximum Gasteiger partial charge on any atom is 0.110 e. The van der Waals surface area contributed by atoms with Crippen LogP contribution in [0.2, 0.25) is 0 Å². The highest BCUT2D eigenvalue weighted by molar-refractivity contribution is 7.13. The summed E-state index contributed by atoms with van der Waals surface area (Å²) in [4.78, 5) is 14.8. The highest BCUT2D eigenvalue weighted by Crippen LogP contribution is 2.32. The predicted molar refractivity (Wildman–Crippen MR) is 119 cm³/mol. The number of aromatic nitrogens is 2. The summed E-state index contributed by atoms with van der Waals surface area (Å²) in [6.45, 7) is 1.11. The summed E-state index contributed by atoms with van der Waals surface area (Å²) in [7, 11) is 0. The molecule has 5 heteroatoms. The number of imidazole rings is 1. The van der Waals surface area contributed by atoms with Crippen molar-refractivity contribution in [1.82, 2.24) is 15.3 Å². The molecular weight excluding hydrogens is 376 g/mol. The number of aliphatic imine (C=N–C) groups is 1. The first-order valence-corrected chi connectivity index (χ1v) is 11.3. The molecule has 2 aliphatic heterocycles. The highest BCUT2D eigenvalue weighted by Gasteiger charge is 2.24. The Morgan fingerprint density at radius 2 is 1.93 bits per heavy atom. The maximum atomic E-state index is 4.66. The summed E-state index contributed by atoms with van der Waals surface area (Å²) in [5.41, 5.74) is 3.44. The normalized spacial score (nSPS) is 21.3. The van der Waals surface area contributed by atoms with Gasteiger partial charge in [-0.15, -0.1) is 11.3 Å². The number of thiophene rings is 1. The molecule has 1 atom stereocenters. The molecule has 4 nitrogen and oxygen atoms in total. The highest BCUT2D eigenvalue weighted by atomic mass is 32.1. The Balaban J connectivity index is 1.19. The van der Waals surface area contributed by atoms with Gasteiger partial charge in [0.1, 0.15) is 11.5 Å². The van der Waals surface area contributed by atoms with E-state index in [1.165, 1.54) is 54.7 Å². The zero-order chi connectivity index (χ0) is 19.5. The molecule has 3 aliphatic rings.